The Bertz CT molecular complexity index is 376. The van der Waals surface area contributed by atoms with Gasteiger partial charge in [-0.15, -0.1) is 0 Å². The van der Waals surface area contributed by atoms with Gasteiger partial charge < -0.3 is 5.32 Å². The van der Waals surface area contributed by atoms with E-state index in [0.717, 1.165) is 36.2 Å². The second kappa shape index (κ2) is 5.25. The number of hydrogen-bond acceptors (Lipinski definition) is 2. The van der Waals surface area contributed by atoms with Gasteiger partial charge in [-0.2, -0.15) is 0 Å². The van der Waals surface area contributed by atoms with E-state index in [2.05, 4.69) is 26.1 Å². The van der Waals surface area contributed by atoms with Crippen molar-refractivity contribution in [2.75, 3.05) is 26.2 Å². The van der Waals surface area contributed by atoms with Crippen molar-refractivity contribution in [2.24, 2.45) is 0 Å². The molecule has 1 aliphatic rings. The highest BCUT2D eigenvalue weighted by Crippen LogP contribution is 2.24. The number of halogens is 2. The second-order valence-electron chi connectivity index (χ2n) is 4.18. The third-order valence-electron chi connectivity index (χ3n) is 2.97. The van der Waals surface area contributed by atoms with Crippen LogP contribution in [-0.4, -0.2) is 31.1 Å². The minimum Gasteiger partial charge on any atom is -0.314 e. The Hall–Kier alpha value is -0.450. The molecular formula is C12H16BrFN2. The molecule has 1 saturated heterocycles. The van der Waals surface area contributed by atoms with Crippen LogP contribution in [-0.2, 0) is 6.54 Å². The van der Waals surface area contributed by atoms with Crippen LogP contribution in [0.15, 0.2) is 16.6 Å². The van der Waals surface area contributed by atoms with Crippen molar-refractivity contribution < 1.29 is 4.39 Å². The van der Waals surface area contributed by atoms with Crippen molar-refractivity contribution >= 4 is 15.9 Å². The molecule has 0 spiro atoms. The predicted molar refractivity (Wildman–Crippen MR) is 67.0 cm³/mol. The zero-order valence-electron chi connectivity index (χ0n) is 9.39. The van der Waals surface area contributed by atoms with Crippen LogP contribution in [0.25, 0.3) is 0 Å². The Balaban J connectivity index is 2.16. The van der Waals surface area contributed by atoms with Gasteiger partial charge >= 0.3 is 0 Å². The molecule has 1 N–H and O–H groups in total. The van der Waals surface area contributed by atoms with Gasteiger partial charge in [-0.25, -0.2) is 4.39 Å². The topological polar surface area (TPSA) is 15.3 Å². The molecule has 0 aliphatic carbocycles. The summed E-state index contributed by atoms with van der Waals surface area (Å²) >= 11 is 3.43. The summed E-state index contributed by atoms with van der Waals surface area (Å²) in [6.45, 7) is 6.45. The van der Waals surface area contributed by atoms with Crippen molar-refractivity contribution in [3.05, 3.63) is 33.5 Å². The predicted octanol–water partition coefficient (Wildman–Crippen LogP) is 2.30. The zero-order chi connectivity index (χ0) is 11.5. The van der Waals surface area contributed by atoms with E-state index in [4.69, 9.17) is 0 Å². The summed E-state index contributed by atoms with van der Waals surface area (Å²) in [6, 6.07) is 3.73. The van der Waals surface area contributed by atoms with Crippen LogP contribution >= 0.6 is 15.9 Å². The molecule has 0 unspecified atom stereocenters. The molecule has 0 aromatic heterocycles. The highest BCUT2D eigenvalue weighted by molar-refractivity contribution is 9.10. The van der Waals surface area contributed by atoms with Crippen LogP contribution in [0.5, 0.6) is 0 Å². The standard InChI is InChI=1S/C12H16BrFN2/c1-9-2-3-11(13)10(12(9)14)8-16-6-4-15-5-7-16/h2-3,15H,4-8H2,1H3. The largest absolute Gasteiger partial charge is 0.314 e. The second-order valence-corrected chi connectivity index (χ2v) is 5.04. The molecule has 1 aliphatic heterocycles. The van der Waals surface area contributed by atoms with Crippen molar-refractivity contribution in [3.63, 3.8) is 0 Å². The molecule has 2 rings (SSSR count). The Labute approximate surface area is 104 Å². The van der Waals surface area contributed by atoms with Gasteiger partial charge in [-0.05, 0) is 18.6 Å². The first-order valence-electron chi connectivity index (χ1n) is 5.55. The fourth-order valence-electron chi connectivity index (χ4n) is 1.95. The summed E-state index contributed by atoms with van der Waals surface area (Å²) in [4.78, 5) is 2.28. The lowest BCUT2D eigenvalue weighted by Crippen LogP contribution is -2.43. The van der Waals surface area contributed by atoms with Gasteiger partial charge in [-0.3, -0.25) is 4.90 Å². The van der Waals surface area contributed by atoms with Crippen LogP contribution in [0, 0.1) is 12.7 Å². The molecule has 2 nitrogen and oxygen atoms in total. The van der Waals surface area contributed by atoms with E-state index >= 15 is 0 Å². The molecule has 0 amide bonds. The maximum Gasteiger partial charge on any atom is 0.131 e. The lowest BCUT2D eigenvalue weighted by atomic mass is 10.1. The molecule has 1 heterocycles. The van der Waals surface area contributed by atoms with E-state index in [9.17, 15) is 4.39 Å². The molecule has 1 aromatic rings. The van der Waals surface area contributed by atoms with Gasteiger partial charge in [0.05, 0.1) is 0 Å². The molecule has 16 heavy (non-hydrogen) atoms. The molecule has 0 atom stereocenters. The number of hydrogen-bond donors (Lipinski definition) is 1. The zero-order valence-corrected chi connectivity index (χ0v) is 11.0. The van der Waals surface area contributed by atoms with Crippen molar-refractivity contribution in [1.82, 2.24) is 10.2 Å². The van der Waals surface area contributed by atoms with Gasteiger partial charge in [-0.1, -0.05) is 22.0 Å². The maximum absolute atomic E-state index is 13.9. The van der Waals surface area contributed by atoms with Crippen LogP contribution < -0.4 is 5.32 Å². The van der Waals surface area contributed by atoms with E-state index < -0.39 is 0 Å². The SMILES string of the molecule is Cc1ccc(Br)c(CN2CCNCC2)c1F. The van der Waals surface area contributed by atoms with Crippen molar-refractivity contribution in [1.29, 1.82) is 0 Å². The van der Waals surface area contributed by atoms with Crippen LogP contribution in [0.3, 0.4) is 0 Å². The lowest BCUT2D eigenvalue weighted by molar-refractivity contribution is 0.230. The number of benzene rings is 1. The summed E-state index contributed by atoms with van der Waals surface area (Å²) in [6.07, 6.45) is 0. The fourth-order valence-corrected chi connectivity index (χ4v) is 2.38. The van der Waals surface area contributed by atoms with E-state index in [-0.39, 0.29) is 5.82 Å². The molecule has 0 saturated carbocycles. The van der Waals surface area contributed by atoms with E-state index in [1.165, 1.54) is 0 Å². The Morgan fingerprint density at radius 3 is 2.75 bits per heavy atom. The highest BCUT2D eigenvalue weighted by atomic mass is 79.9. The summed E-state index contributed by atoms with van der Waals surface area (Å²) in [5.74, 6) is -0.0760. The first-order chi connectivity index (χ1) is 7.68. The average Bonchev–Trinajstić information content (AvgIpc) is 2.31. The molecule has 1 fully saturated rings. The number of nitrogens with one attached hydrogen (secondary N) is 1. The Morgan fingerprint density at radius 2 is 2.06 bits per heavy atom. The van der Waals surface area contributed by atoms with E-state index in [0.29, 0.717) is 12.1 Å². The number of rotatable bonds is 2. The van der Waals surface area contributed by atoms with Crippen LogP contribution in [0.1, 0.15) is 11.1 Å². The third kappa shape index (κ3) is 2.62. The summed E-state index contributed by atoms with van der Waals surface area (Å²) < 4.78 is 14.8. The molecule has 4 heteroatoms. The van der Waals surface area contributed by atoms with Crippen LogP contribution in [0.4, 0.5) is 4.39 Å². The van der Waals surface area contributed by atoms with Gasteiger partial charge in [0, 0.05) is 42.8 Å². The van der Waals surface area contributed by atoms with Gasteiger partial charge in [0.1, 0.15) is 5.82 Å². The van der Waals surface area contributed by atoms with Gasteiger partial charge in [0.2, 0.25) is 0 Å². The van der Waals surface area contributed by atoms with Crippen molar-refractivity contribution in [3.8, 4) is 0 Å². The quantitative estimate of drug-likeness (QED) is 0.898. The molecule has 1 aromatic carbocycles. The minimum atomic E-state index is -0.0760. The first-order valence-corrected chi connectivity index (χ1v) is 6.34. The normalized spacial score (nSPS) is 17.7. The minimum absolute atomic E-state index is 0.0760. The third-order valence-corrected chi connectivity index (χ3v) is 3.71. The highest BCUT2D eigenvalue weighted by Gasteiger charge is 2.15. The molecule has 0 radical (unpaired) electrons. The number of piperazine rings is 1. The van der Waals surface area contributed by atoms with Crippen LogP contribution in [0.2, 0.25) is 0 Å². The Morgan fingerprint density at radius 1 is 1.38 bits per heavy atom. The maximum atomic E-state index is 13.9. The lowest BCUT2D eigenvalue weighted by Gasteiger charge is -2.27. The molecule has 88 valence electrons. The monoisotopic (exact) mass is 286 g/mol. The number of aryl methyl sites for hydroxylation is 1. The summed E-state index contributed by atoms with van der Waals surface area (Å²) in [5.41, 5.74) is 1.50. The Kier molecular flexibility index (Phi) is 3.95. The number of nitrogens with zero attached hydrogens (tertiary/aromatic N) is 1. The van der Waals surface area contributed by atoms with Gasteiger partial charge in [0.15, 0.2) is 0 Å². The smallest absolute Gasteiger partial charge is 0.131 e. The van der Waals surface area contributed by atoms with E-state index in [1.807, 2.05) is 13.0 Å². The summed E-state index contributed by atoms with van der Waals surface area (Å²) in [7, 11) is 0. The molecule has 0 bridgehead atoms. The fraction of sp³-hybridized carbons (Fsp3) is 0.500. The average molecular weight is 287 g/mol. The van der Waals surface area contributed by atoms with Crippen molar-refractivity contribution in [2.45, 2.75) is 13.5 Å². The van der Waals surface area contributed by atoms with Gasteiger partial charge in [0.25, 0.3) is 0 Å². The first kappa shape index (κ1) is 12.0. The molecular weight excluding hydrogens is 271 g/mol. The summed E-state index contributed by atoms with van der Waals surface area (Å²) in [5, 5.41) is 3.29. The van der Waals surface area contributed by atoms with E-state index in [1.54, 1.807) is 6.07 Å².